The van der Waals surface area contributed by atoms with Gasteiger partial charge in [-0.15, -0.1) is 0 Å². The summed E-state index contributed by atoms with van der Waals surface area (Å²) < 4.78 is 72.9. The highest BCUT2D eigenvalue weighted by molar-refractivity contribution is 7.91. The number of benzene rings is 2. The third kappa shape index (κ3) is 6.13. The molecule has 1 aliphatic heterocycles. The Hall–Kier alpha value is -3.28. The summed E-state index contributed by atoms with van der Waals surface area (Å²) in [6.07, 6.45) is -5.02. The van der Waals surface area contributed by atoms with Crippen molar-refractivity contribution in [3.63, 3.8) is 0 Å². The molecule has 0 unspecified atom stereocenters. The van der Waals surface area contributed by atoms with Crippen molar-refractivity contribution in [1.29, 1.82) is 0 Å². The maximum absolute atomic E-state index is 12.6. The standard InChI is InChI=1S/C20H19F3N2O6S/c21-20(22,23)12-24-19(27)14-3-1-2-4-15(14)25-18(26)7-10-32(28,29)13-5-6-16-17(11-13)31-9-8-30-16/h1-6,11H,7-10,12H2,(H,24,27)(H,25,26). The Kier molecular flexibility index (Phi) is 6.92. The van der Waals surface area contributed by atoms with Gasteiger partial charge in [0.05, 0.1) is 21.9 Å². The van der Waals surface area contributed by atoms with Gasteiger partial charge in [0.1, 0.15) is 19.8 Å². The lowest BCUT2D eigenvalue weighted by Crippen LogP contribution is -2.34. The van der Waals surface area contributed by atoms with Gasteiger partial charge in [-0.25, -0.2) is 8.42 Å². The van der Waals surface area contributed by atoms with Crippen LogP contribution in [0.5, 0.6) is 11.5 Å². The summed E-state index contributed by atoms with van der Waals surface area (Å²) in [7, 11) is -3.83. The first-order valence-corrected chi connectivity index (χ1v) is 11.1. The number of para-hydroxylation sites is 1. The van der Waals surface area contributed by atoms with Crippen LogP contribution in [0.1, 0.15) is 16.8 Å². The molecule has 2 N–H and O–H groups in total. The van der Waals surface area contributed by atoms with Gasteiger partial charge < -0.3 is 20.1 Å². The topological polar surface area (TPSA) is 111 Å². The fraction of sp³-hybridized carbons (Fsp3) is 0.300. The molecule has 0 saturated heterocycles. The molecule has 2 amide bonds. The average molecular weight is 472 g/mol. The molecule has 2 aromatic rings. The molecule has 0 aliphatic carbocycles. The molecule has 3 rings (SSSR count). The fourth-order valence-corrected chi connectivity index (χ4v) is 4.09. The van der Waals surface area contributed by atoms with E-state index in [1.807, 2.05) is 0 Å². The minimum atomic E-state index is -4.59. The molecule has 0 fully saturated rings. The van der Waals surface area contributed by atoms with Crippen molar-refractivity contribution in [2.45, 2.75) is 17.5 Å². The Labute approximate surface area is 181 Å². The maximum Gasteiger partial charge on any atom is 0.405 e. The second kappa shape index (κ2) is 9.47. The Morgan fingerprint density at radius 3 is 2.41 bits per heavy atom. The van der Waals surface area contributed by atoms with Crippen LogP contribution in [0.2, 0.25) is 0 Å². The molecule has 32 heavy (non-hydrogen) atoms. The van der Waals surface area contributed by atoms with Gasteiger partial charge in [-0.3, -0.25) is 9.59 Å². The molecule has 0 saturated carbocycles. The monoisotopic (exact) mass is 472 g/mol. The van der Waals surface area contributed by atoms with Gasteiger partial charge >= 0.3 is 6.18 Å². The van der Waals surface area contributed by atoms with Crippen LogP contribution in [0.3, 0.4) is 0 Å². The highest BCUT2D eigenvalue weighted by Crippen LogP contribution is 2.32. The van der Waals surface area contributed by atoms with Crippen LogP contribution in [-0.2, 0) is 14.6 Å². The number of ether oxygens (including phenoxy) is 2. The van der Waals surface area contributed by atoms with Crippen molar-refractivity contribution in [3.8, 4) is 11.5 Å². The molecule has 0 spiro atoms. The number of nitrogens with one attached hydrogen (secondary N) is 2. The van der Waals surface area contributed by atoms with Gasteiger partial charge in [0.2, 0.25) is 5.91 Å². The number of carbonyl (C=O) groups excluding carboxylic acids is 2. The first-order valence-electron chi connectivity index (χ1n) is 9.41. The van der Waals surface area contributed by atoms with Gasteiger partial charge in [0, 0.05) is 12.5 Å². The van der Waals surface area contributed by atoms with E-state index in [4.69, 9.17) is 9.47 Å². The number of hydrogen-bond acceptors (Lipinski definition) is 6. The third-order valence-electron chi connectivity index (χ3n) is 4.37. The Balaban J connectivity index is 1.63. The minimum absolute atomic E-state index is 0.0334. The van der Waals surface area contributed by atoms with Crippen LogP contribution in [0, 0.1) is 0 Å². The van der Waals surface area contributed by atoms with Crippen LogP contribution in [0.4, 0.5) is 18.9 Å². The van der Waals surface area contributed by atoms with E-state index in [1.165, 1.54) is 42.5 Å². The van der Waals surface area contributed by atoms with E-state index < -0.39 is 46.5 Å². The molecule has 0 aromatic heterocycles. The van der Waals surface area contributed by atoms with E-state index in [0.29, 0.717) is 18.1 Å². The Bertz CT molecular complexity index is 1120. The summed E-state index contributed by atoms with van der Waals surface area (Å²) in [5.41, 5.74) is -0.214. The van der Waals surface area contributed by atoms with Crippen molar-refractivity contribution in [2.24, 2.45) is 0 Å². The van der Waals surface area contributed by atoms with Gasteiger partial charge in [-0.05, 0) is 24.3 Å². The zero-order chi connectivity index (χ0) is 23.4. The Morgan fingerprint density at radius 2 is 1.69 bits per heavy atom. The number of alkyl halides is 3. The van der Waals surface area contributed by atoms with E-state index in [1.54, 1.807) is 5.32 Å². The molecule has 12 heteroatoms. The quantitative estimate of drug-likeness (QED) is 0.641. The Morgan fingerprint density at radius 1 is 1.00 bits per heavy atom. The smallest absolute Gasteiger partial charge is 0.405 e. The van der Waals surface area contributed by atoms with E-state index in [2.05, 4.69) is 5.32 Å². The van der Waals surface area contributed by atoms with Gasteiger partial charge in [0.25, 0.3) is 5.91 Å². The molecule has 0 atom stereocenters. The molecule has 2 aromatic carbocycles. The van der Waals surface area contributed by atoms with Gasteiger partial charge in [0.15, 0.2) is 21.3 Å². The second-order valence-corrected chi connectivity index (χ2v) is 8.88. The van der Waals surface area contributed by atoms with Crippen molar-refractivity contribution >= 4 is 27.3 Å². The number of halogens is 3. The number of carbonyl (C=O) groups is 2. The molecule has 172 valence electrons. The van der Waals surface area contributed by atoms with Crippen molar-refractivity contribution in [3.05, 3.63) is 48.0 Å². The summed E-state index contributed by atoms with van der Waals surface area (Å²) in [5.74, 6) is -1.56. The molecular weight excluding hydrogens is 453 g/mol. The lowest BCUT2D eigenvalue weighted by molar-refractivity contribution is -0.123. The SMILES string of the molecule is O=C(CCS(=O)(=O)c1ccc2c(c1)OCCO2)Nc1ccccc1C(=O)NCC(F)(F)F. The number of fused-ring (bicyclic) bond motifs is 1. The summed E-state index contributed by atoms with van der Waals surface area (Å²) in [6, 6.07) is 9.61. The van der Waals surface area contributed by atoms with Crippen LogP contribution in [0.15, 0.2) is 47.4 Å². The second-order valence-electron chi connectivity index (χ2n) is 6.77. The van der Waals surface area contributed by atoms with Crippen LogP contribution in [-0.4, -0.2) is 51.9 Å². The molecule has 8 nitrogen and oxygen atoms in total. The van der Waals surface area contributed by atoms with Crippen LogP contribution < -0.4 is 20.1 Å². The highest BCUT2D eigenvalue weighted by atomic mass is 32.2. The predicted molar refractivity (Wildman–Crippen MR) is 108 cm³/mol. The van der Waals surface area contributed by atoms with E-state index in [9.17, 15) is 31.2 Å². The summed E-state index contributed by atoms with van der Waals surface area (Å²) in [4.78, 5) is 24.3. The molecule has 0 radical (unpaired) electrons. The number of rotatable bonds is 7. The normalized spacial score (nSPS) is 13.3. The number of hydrogen-bond donors (Lipinski definition) is 2. The average Bonchev–Trinajstić information content (AvgIpc) is 2.75. The van der Waals surface area contributed by atoms with Gasteiger partial charge in [-0.1, -0.05) is 12.1 Å². The summed E-state index contributed by atoms with van der Waals surface area (Å²) in [6.45, 7) is -0.883. The third-order valence-corrected chi connectivity index (χ3v) is 6.08. The summed E-state index contributed by atoms with van der Waals surface area (Å²) in [5, 5.41) is 4.09. The van der Waals surface area contributed by atoms with Crippen molar-refractivity contribution in [1.82, 2.24) is 5.32 Å². The lowest BCUT2D eigenvalue weighted by atomic mass is 10.1. The predicted octanol–water partition coefficient (Wildman–Crippen LogP) is 2.55. The molecule has 1 aliphatic rings. The van der Waals surface area contributed by atoms with Crippen LogP contribution in [0.25, 0.3) is 0 Å². The minimum Gasteiger partial charge on any atom is -0.486 e. The first kappa shape index (κ1) is 23.4. The van der Waals surface area contributed by atoms with Crippen LogP contribution >= 0.6 is 0 Å². The van der Waals surface area contributed by atoms with Gasteiger partial charge in [-0.2, -0.15) is 13.2 Å². The molecule has 1 heterocycles. The number of amides is 2. The first-order chi connectivity index (χ1) is 15.0. The zero-order valence-electron chi connectivity index (χ0n) is 16.6. The highest BCUT2D eigenvalue weighted by Gasteiger charge is 2.28. The van der Waals surface area contributed by atoms with Crippen molar-refractivity contribution < 1.29 is 40.7 Å². The zero-order valence-corrected chi connectivity index (χ0v) is 17.4. The summed E-state index contributed by atoms with van der Waals surface area (Å²) >= 11 is 0. The lowest BCUT2D eigenvalue weighted by Gasteiger charge is -2.18. The maximum atomic E-state index is 12.6. The largest absolute Gasteiger partial charge is 0.486 e. The fourth-order valence-electron chi connectivity index (χ4n) is 2.84. The van der Waals surface area contributed by atoms with E-state index in [0.717, 1.165) is 0 Å². The molecular formula is C20H19F3N2O6S. The number of anilines is 1. The molecule has 0 bridgehead atoms. The van der Waals surface area contributed by atoms with E-state index in [-0.39, 0.29) is 22.8 Å². The van der Waals surface area contributed by atoms with E-state index >= 15 is 0 Å². The van der Waals surface area contributed by atoms with Crippen molar-refractivity contribution in [2.75, 3.05) is 30.8 Å². The number of sulfone groups is 1.